The molecule has 2 aromatic heterocycles. The zero-order valence-electron chi connectivity index (χ0n) is 13.1. The molecule has 3 rings (SSSR count). The number of nitrogens with one attached hydrogen (secondary N) is 1. The lowest BCUT2D eigenvalue weighted by Gasteiger charge is -2.20. The van der Waals surface area contributed by atoms with Crippen molar-refractivity contribution in [3.8, 4) is 0 Å². The summed E-state index contributed by atoms with van der Waals surface area (Å²) in [5, 5.41) is 8.14. The molecule has 0 unspecified atom stereocenters. The Bertz CT molecular complexity index is 793. The summed E-state index contributed by atoms with van der Waals surface area (Å²) in [6, 6.07) is 12.2. The van der Waals surface area contributed by atoms with Gasteiger partial charge in [0, 0.05) is 10.3 Å². The fourth-order valence-corrected chi connectivity index (χ4v) is 3.94. The molecule has 5 heteroatoms. The number of amides is 1. The van der Waals surface area contributed by atoms with Gasteiger partial charge < -0.3 is 5.32 Å². The molecule has 2 heterocycles. The van der Waals surface area contributed by atoms with E-state index in [1.54, 1.807) is 22.7 Å². The van der Waals surface area contributed by atoms with Gasteiger partial charge in [-0.3, -0.25) is 4.79 Å². The normalized spacial score (nSPS) is 12.1. The van der Waals surface area contributed by atoms with E-state index in [2.05, 4.69) is 35.4 Å². The highest BCUT2D eigenvalue weighted by molar-refractivity contribution is 7.10. The number of aromatic nitrogens is 1. The number of carbonyl (C=O) groups excluding carboxylic acids is 1. The molecule has 3 nitrogen and oxygen atoms in total. The summed E-state index contributed by atoms with van der Waals surface area (Å²) < 4.78 is 0. The van der Waals surface area contributed by atoms with Crippen LogP contribution in [0.2, 0.25) is 0 Å². The van der Waals surface area contributed by atoms with E-state index < -0.39 is 0 Å². The molecule has 0 fully saturated rings. The van der Waals surface area contributed by atoms with E-state index in [4.69, 9.17) is 0 Å². The van der Waals surface area contributed by atoms with Crippen LogP contribution in [0.3, 0.4) is 0 Å². The SMILES string of the molecule is Cc1nc(CC(=O)N[C@H](c2cccs2)c2ccccc2C)cs1. The van der Waals surface area contributed by atoms with Crippen LogP contribution in [0.25, 0.3) is 0 Å². The lowest BCUT2D eigenvalue weighted by atomic mass is 10.00. The first-order valence-electron chi connectivity index (χ1n) is 7.43. The Morgan fingerprint density at radius 1 is 1.17 bits per heavy atom. The molecule has 0 saturated carbocycles. The second-order valence-corrected chi connectivity index (χ2v) is 7.45. The first-order valence-corrected chi connectivity index (χ1v) is 9.18. The van der Waals surface area contributed by atoms with Gasteiger partial charge in [0.25, 0.3) is 0 Å². The summed E-state index contributed by atoms with van der Waals surface area (Å²) in [6.07, 6.45) is 0.318. The molecule has 1 aromatic carbocycles. The third kappa shape index (κ3) is 3.86. The van der Waals surface area contributed by atoms with Crippen LogP contribution in [-0.2, 0) is 11.2 Å². The summed E-state index contributed by atoms with van der Waals surface area (Å²) in [5.41, 5.74) is 3.15. The van der Waals surface area contributed by atoms with Gasteiger partial charge >= 0.3 is 0 Å². The van der Waals surface area contributed by atoms with Gasteiger partial charge in [-0.25, -0.2) is 4.98 Å². The molecule has 0 aliphatic rings. The van der Waals surface area contributed by atoms with Crippen molar-refractivity contribution >= 4 is 28.6 Å². The van der Waals surface area contributed by atoms with Crippen molar-refractivity contribution in [2.45, 2.75) is 26.3 Å². The van der Waals surface area contributed by atoms with Crippen molar-refractivity contribution in [3.63, 3.8) is 0 Å². The van der Waals surface area contributed by atoms with Gasteiger partial charge in [-0.15, -0.1) is 22.7 Å². The molecule has 1 atom stereocenters. The Morgan fingerprint density at radius 2 is 2.00 bits per heavy atom. The number of aryl methyl sites for hydroxylation is 2. The van der Waals surface area contributed by atoms with Crippen molar-refractivity contribution in [2.24, 2.45) is 0 Å². The monoisotopic (exact) mass is 342 g/mol. The highest BCUT2D eigenvalue weighted by Gasteiger charge is 2.20. The van der Waals surface area contributed by atoms with Crippen LogP contribution in [-0.4, -0.2) is 10.9 Å². The summed E-state index contributed by atoms with van der Waals surface area (Å²) in [5.74, 6) is -0.00282. The number of hydrogen-bond acceptors (Lipinski definition) is 4. The van der Waals surface area contributed by atoms with Crippen LogP contribution in [0.15, 0.2) is 47.2 Å². The average Bonchev–Trinajstić information content (AvgIpc) is 3.18. The summed E-state index contributed by atoms with van der Waals surface area (Å²) in [7, 11) is 0. The summed E-state index contributed by atoms with van der Waals surface area (Å²) in [4.78, 5) is 18.0. The van der Waals surface area contributed by atoms with Gasteiger partial charge in [0.1, 0.15) is 0 Å². The topological polar surface area (TPSA) is 42.0 Å². The van der Waals surface area contributed by atoms with E-state index in [-0.39, 0.29) is 11.9 Å². The third-order valence-corrected chi connectivity index (χ3v) is 5.40. The number of hydrogen-bond donors (Lipinski definition) is 1. The van der Waals surface area contributed by atoms with Gasteiger partial charge in [0.15, 0.2) is 0 Å². The zero-order chi connectivity index (χ0) is 16.2. The van der Waals surface area contributed by atoms with E-state index in [0.29, 0.717) is 6.42 Å². The molecule has 0 bridgehead atoms. The van der Waals surface area contributed by atoms with Gasteiger partial charge in [0.2, 0.25) is 5.91 Å². The molecule has 1 N–H and O–H groups in total. The van der Waals surface area contributed by atoms with Crippen LogP contribution < -0.4 is 5.32 Å². The predicted molar refractivity (Wildman–Crippen MR) is 96.0 cm³/mol. The van der Waals surface area contributed by atoms with Crippen molar-refractivity contribution < 1.29 is 4.79 Å². The van der Waals surface area contributed by atoms with E-state index in [1.165, 1.54) is 5.56 Å². The zero-order valence-corrected chi connectivity index (χ0v) is 14.7. The van der Waals surface area contributed by atoms with Crippen molar-refractivity contribution in [1.29, 1.82) is 0 Å². The fourth-order valence-electron chi connectivity index (χ4n) is 2.53. The number of thiophene rings is 1. The molecular formula is C18H18N2OS2. The van der Waals surface area contributed by atoms with Crippen LogP contribution in [0.4, 0.5) is 0 Å². The predicted octanol–water partition coefficient (Wildman–Crippen LogP) is 4.27. The molecule has 0 aliphatic carbocycles. The van der Waals surface area contributed by atoms with E-state index in [9.17, 15) is 4.79 Å². The average molecular weight is 342 g/mol. The molecule has 23 heavy (non-hydrogen) atoms. The Kier molecular flexibility index (Phi) is 4.88. The maximum atomic E-state index is 12.5. The highest BCUT2D eigenvalue weighted by Crippen LogP contribution is 2.28. The highest BCUT2D eigenvalue weighted by atomic mass is 32.1. The Morgan fingerprint density at radius 3 is 2.65 bits per heavy atom. The van der Waals surface area contributed by atoms with E-state index >= 15 is 0 Å². The molecule has 118 valence electrons. The minimum atomic E-state index is -0.108. The maximum absolute atomic E-state index is 12.5. The molecule has 1 amide bonds. The van der Waals surface area contributed by atoms with Gasteiger partial charge in [-0.2, -0.15) is 0 Å². The lowest BCUT2D eigenvalue weighted by molar-refractivity contribution is -0.121. The van der Waals surface area contributed by atoms with E-state index in [0.717, 1.165) is 21.1 Å². The summed E-state index contributed by atoms with van der Waals surface area (Å²) >= 11 is 3.23. The minimum absolute atomic E-state index is 0.00282. The fraction of sp³-hybridized carbons (Fsp3) is 0.222. The van der Waals surface area contributed by atoms with E-state index in [1.807, 2.05) is 35.9 Å². The molecule has 0 saturated heterocycles. The van der Waals surface area contributed by atoms with Crippen LogP contribution in [0, 0.1) is 13.8 Å². The van der Waals surface area contributed by atoms with Crippen molar-refractivity contribution in [1.82, 2.24) is 10.3 Å². The number of rotatable bonds is 5. The third-order valence-electron chi connectivity index (χ3n) is 3.64. The molecular weight excluding hydrogens is 324 g/mol. The first-order chi connectivity index (χ1) is 11.1. The Labute approximate surface area is 144 Å². The number of benzene rings is 1. The number of carbonyl (C=O) groups is 1. The lowest BCUT2D eigenvalue weighted by Crippen LogP contribution is -2.30. The van der Waals surface area contributed by atoms with Gasteiger partial charge in [0.05, 0.1) is 23.2 Å². The quantitative estimate of drug-likeness (QED) is 0.752. The first kappa shape index (κ1) is 15.9. The van der Waals surface area contributed by atoms with Crippen molar-refractivity contribution in [2.75, 3.05) is 0 Å². The van der Waals surface area contributed by atoms with Crippen molar-refractivity contribution in [3.05, 3.63) is 73.9 Å². The Balaban J connectivity index is 1.82. The number of thiazole rings is 1. The second-order valence-electron chi connectivity index (χ2n) is 5.41. The smallest absolute Gasteiger partial charge is 0.226 e. The standard InChI is InChI=1S/C18H18N2OS2/c1-12-6-3-4-7-15(12)18(16-8-5-9-22-16)20-17(21)10-14-11-23-13(2)19-14/h3-9,11,18H,10H2,1-2H3,(H,20,21)/t18-/m0/s1. The molecule has 3 aromatic rings. The minimum Gasteiger partial charge on any atom is -0.344 e. The van der Waals surface area contributed by atoms with Crippen LogP contribution in [0.5, 0.6) is 0 Å². The molecule has 0 spiro atoms. The largest absolute Gasteiger partial charge is 0.344 e. The summed E-state index contributed by atoms with van der Waals surface area (Å²) in [6.45, 7) is 4.03. The van der Waals surface area contributed by atoms with Crippen LogP contribution >= 0.6 is 22.7 Å². The maximum Gasteiger partial charge on any atom is 0.226 e. The number of nitrogens with zero attached hydrogens (tertiary/aromatic N) is 1. The van der Waals surface area contributed by atoms with Crippen LogP contribution in [0.1, 0.15) is 32.7 Å². The van der Waals surface area contributed by atoms with Gasteiger partial charge in [-0.1, -0.05) is 30.3 Å². The Hall–Kier alpha value is -1.98. The van der Waals surface area contributed by atoms with Gasteiger partial charge in [-0.05, 0) is 36.4 Å². The second kappa shape index (κ2) is 7.06. The molecule has 0 radical (unpaired) electrons. The molecule has 0 aliphatic heterocycles.